The molecule has 4 rings (SSSR count). The lowest BCUT2D eigenvalue weighted by atomic mass is 9.91. The van der Waals surface area contributed by atoms with E-state index >= 15 is 0 Å². The summed E-state index contributed by atoms with van der Waals surface area (Å²) in [6, 6.07) is 17.0. The third kappa shape index (κ3) is 4.64. The third-order valence-corrected chi connectivity index (χ3v) is 6.10. The normalized spacial score (nSPS) is 13.4. The van der Waals surface area contributed by atoms with Crippen LogP contribution in [-0.2, 0) is 0 Å². The molecule has 0 bridgehead atoms. The molecule has 0 saturated carbocycles. The highest BCUT2D eigenvalue weighted by atomic mass is 19.1. The first-order valence-corrected chi connectivity index (χ1v) is 11.0. The number of carbonyl (C=O) groups excluding carboxylic acids is 2. The lowest BCUT2D eigenvalue weighted by Crippen LogP contribution is -2.34. The van der Waals surface area contributed by atoms with E-state index in [1.807, 2.05) is 55.4 Å². The summed E-state index contributed by atoms with van der Waals surface area (Å²) in [6.07, 6.45) is 2.54. The molecule has 0 spiro atoms. The topological polar surface area (TPSA) is 92.7 Å². The molecule has 3 aromatic carbocycles. The standard InChI is InChI=1S/C27H27FN4O2/c1-31(2)22-9-5-19(6-10-22)27(34)32-13-11-18(12-14-32)23-15-20(16-24(25(23)29)26(30)33)17-3-7-21(28)8-4-17/h3-11,15-16H,12-14,29H2,1-2H3,(H2,30,33). The summed E-state index contributed by atoms with van der Waals surface area (Å²) in [5, 5.41) is 0. The Morgan fingerprint density at radius 2 is 1.65 bits per heavy atom. The summed E-state index contributed by atoms with van der Waals surface area (Å²) in [4.78, 5) is 28.8. The third-order valence-electron chi connectivity index (χ3n) is 6.10. The SMILES string of the molecule is CN(C)c1ccc(C(=O)N2CC=C(c3cc(-c4ccc(F)cc4)cc(C(N)=O)c3N)CC2)cc1. The Hall–Kier alpha value is -4.13. The van der Waals surface area contributed by atoms with E-state index in [2.05, 4.69) is 0 Å². The van der Waals surface area contributed by atoms with Crippen LogP contribution in [0.15, 0.2) is 66.7 Å². The van der Waals surface area contributed by atoms with Crippen LogP contribution in [0.25, 0.3) is 16.7 Å². The molecule has 0 fully saturated rings. The molecule has 6 nitrogen and oxygen atoms in total. The van der Waals surface area contributed by atoms with Crippen LogP contribution in [0.5, 0.6) is 0 Å². The molecule has 0 atom stereocenters. The van der Waals surface area contributed by atoms with Crippen molar-refractivity contribution in [2.75, 3.05) is 37.8 Å². The van der Waals surface area contributed by atoms with E-state index in [0.29, 0.717) is 36.3 Å². The lowest BCUT2D eigenvalue weighted by molar-refractivity contribution is 0.0772. The first kappa shape index (κ1) is 23.0. The fourth-order valence-corrected chi connectivity index (χ4v) is 4.11. The lowest BCUT2D eigenvalue weighted by Gasteiger charge is -2.28. The van der Waals surface area contributed by atoms with Crippen LogP contribution in [0.3, 0.4) is 0 Å². The van der Waals surface area contributed by atoms with E-state index in [1.165, 1.54) is 12.1 Å². The van der Waals surface area contributed by atoms with Crippen molar-refractivity contribution < 1.29 is 14.0 Å². The van der Waals surface area contributed by atoms with Gasteiger partial charge in [-0.2, -0.15) is 0 Å². The molecule has 0 unspecified atom stereocenters. The number of nitrogens with zero attached hydrogens (tertiary/aromatic N) is 2. The average molecular weight is 459 g/mol. The molecule has 0 aromatic heterocycles. The van der Waals surface area contributed by atoms with Crippen molar-refractivity contribution in [2.24, 2.45) is 5.73 Å². The molecule has 3 aromatic rings. The van der Waals surface area contributed by atoms with Crippen molar-refractivity contribution >= 4 is 28.8 Å². The fourth-order valence-electron chi connectivity index (χ4n) is 4.11. The Balaban J connectivity index is 1.61. The number of hydrogen-bond acceptors (Lipinski definition) is 4. The van der Waals surface area contributed by atoms with E-state index < -0.39 is 5.91 Å². The van der Waals surface area contributed by atoms with Gasteiger partial charge in [-0.1, -0.05) is 18.2 Å². The molecule has 4 N–H and O–H groups in total. The molecule has 1 aliphatic heterocycles. The molecule has 0 saturated heterocycles. The summed E-state index contributed by atoms with van der Waals surface area (Å²) in [5.74, 6) is -1.01. The highest BCUT2D eigenvalue weighted by molar-refractivity contribution is 6.02. The van der Waals surface area contributed by atoms with Crippen LogP contribution in [0.2, 0.25) is 0 Å². The summed E-state index contributed by atoms with van der Waals surface area (Å²) in [6.45, 7) is 0.946. The summed E-state index contributed by atoms with van der Waals surface area (Å²) >= 11 is 0. The Labute approximate surface area is 198 Å². The number of primary amides is 1. The van der Waals surface area contributed by atoms with Crippen LogP contribution in [-0.4, -0.2) is 43.9 Å². The van der Waals surface area contributed by atoms with Gasteiger partial charge in [0.1, 0.15) is 5.82 Å². The first-order chi connectivity index (χ1) is 16.2. The van der Waals surface area contributed by atoms with E-state index in [9.17, 15) is 14.0 Å². The Kier molecular flexibility index (Phi) is 6.36. The van der Waals surface area contributed by atoms with Crippen molar-refractivity contribution in [1.82, 2.24) is 4.90 Å². The van der Waals surface area contributed by atoms with Crippen LogP contribution < -0.4 is 16.4 Å². The monoisotopic (exact) mass is 458 g/mol. The molecule has 1 heterocycles. The minimum atomic E-state index is -0.628. The van der Waals surface area contributed by atoms with Gasteiger partial charge in [-0.05, 0) is 71.7 Å². The number of benzene rings is 3. The number of anilines is 2. The number of rotatable bonds is 5. The second kappa shape index (κ2) is 9.39. The van der Waals surface area contributed by atoms with Crippen LogP contribution >= 0.6 is 0 Å². The van der Waals surface area contributed by atoms with Gasteiger partial charge in [-0.15, -0.1) is 0 Å². The summed E-state index contributed by atoms with van der Waals surface area (Å²) < 4.78 is 13.4. The maximum atomic E-state index is 13.4. The minimum absolute atomic E-state index is 0.0357. The molecule has 34 heavy (non-hydrogen) atoms. The van der Waals surface area contributed by atoms with Crippen LogP contribution in [0.4, 0.5) is 15.8 Å². The highest BCUT2D eigenvalue weighted by Crippen LogP contribution is 2.34. The maximum absolute atomic E-state index is 13.4. The predicted octanol–water partition coefficient (Wildman–Crippen LogP) is 4.17. The second-order valence-corrected chi connectivity index (χ2v) is 8.53. The first-order valence-electron chi connectivity index (χ1n) is 11.0. The largest absolute Gasteiger partial charge is 0.398 e. The van der Waals surface area contributed by atoms with Gasteiger partial charge in [-0.3, -0.25) is 9.59 Å². The molecular formula is C27H27FN4O2. The Morgan fingerprint density at radius 3 is 2.21 bits per heavy atom. The quantitative estimate of drug-likeness (QED) is 0.562. The molecular weight excluding hydrogens is 431 g/mol. The van der Waals surface area contributed by atoms with Gasteiger partial charge in [0.2, 0.25) is 0 Å². The minimum Gasteiger partial charge on any atom is -0.398 e. The van der Waals surface area contributed by atoms with Gasteiger partial charge >= 0.3 is 0 Å². The van der Waals surface area contributed by atoms with E-state index in [1.54, 1.807) is 23.1 Å². The van der Waals surface area contributed by atoms with Gasteiger partial charge in [-0.25, -0.2) is 4.39 Å². The van der Waals surface area contributed by atoms with Gasteiger partial charge in [0.15, 0.2) is 0 Å². The van der Waals surface area contributed by atoms with Gasteiger partial charge in [0.25, 0.3) is 11.8 Å². The van der Waals surface area contributed by atoms with Crippen molar-refractivity contribution in [3.63, 3.8) is 0 Å². The molecule has 0 radical (unpaired) electrons. The molecule has 7 heteroatoms. The number of nitrogens with two attached hydrogens (primary N) is 2. The van der Waals surface area contributed by atoms with E-state index in [0.717, 1.165) is 22.4 Å². The number of amides is 2. The number of hydrogen-bond donors (Lipinski definition) is 2. The molecule has 2 amide bonds. The maximum Gasteiger partial charge on any atom is 0.254 e. The fraction of sp³-hybridized carbons (Fsp3) is 0.185. The zero-order valence-corrected chi connectivity index (χ0v) is 19.2. The number of halogens is 1. The van der Waals surface area contributed by atoms with Gasteiger partial charge < -0.3 is 21.3 Å². The highest BCUT2D eigenvalue weighted by Gasteiger charge is 2.22. The number of nitrogen functional groups attached to an aromatic ring is 1. The Morgan fingerprint density at radius 1 is 0.971 bits per heavy atom. The van der Waals surface area contributed by atoms with Crippen molar-refractivity contribution in [2.45, 2.75) is 6.42 Å². The van der Waals surface area contributed by atoms with Gasteiger partial charge in [0.05, 0.1) is 11.3 Å². The van der Waals surface area contributed by atoms with Crippen molar-refractivity contribution in [3.05, 3.63) is 89.2 Å². The zero-order chi connectivity index (χ0) is 24.4. The zero-order valence-electron chi connectivity index (χ0n) is 19.2. The van der Waals surface area contributed by atoms with Crippen LogP contribution in [0.1, 0.15) is 32.7 Å². The number of carbonyl (C=O) groups is 2. The molecule has 1 aliphatic rings. The van der Waals surface area contributed by atoms with Gasteiger partial charge in [0, 0.05) is 44.0 Å². The smallest absolute Gasteiger partial charge is 0.254 e. The summed E-state index contributed by atoms with van der Waals surface area (Å²) in [5.41, 5.74) is 17.2. The van der Waals surface area contributed by atoms with Crippen molar-refractivity contribution in [3.8, 4) is 11.1 Å². The molecule has 0 aliphatic carbocycles. The van der Waals surface area contributed by atoms with E-state index in [4.69, 9.17) is 11.5 Å². The van der Waals surface area contributed by atoms with Crippen LogP contribution in [0, 0.1) is 5.82 Å². The summed E-state index contributed by atoms with van der Waals surface area (Å²) in [7, 11) is 3.91. The average Bonchev–Trinajstić information content (AvgIpc) is 2.84. The van der Waals surface area contributed by atoms with E-state index in [-0.39, 0.29) is 17.3 Å². The molecule has 174 valence electrons. The Bertz CT molecular complexity index is 1270. The predicted molar refractivity (Wildman–Crippen MR) is 134 cm³/mol. The van der Waals surface area contributed by atoms with Crippen molar-refractivity contribution in [1.29, 1.82) is 0 Å². The second-order valence-electron chi connectivity index (χ2n) is 8.53.